The molecule has 0 spiro atoms. The summed E-state index contributed by atoms with van der Waals surface area (Å²) >= 11 is 1.25. The molecule has 1 aromatic heterocycles. The van der Waals surface area contributed by atoms with Gasteiger partial charge in [0, 0.05) is 31.0 Å². The molecule has 1 aromatic rings. The van der Waals surface area contributed by atoms with Crippen LogP contribution in [0.3, 0.4) is 0 Å². The molecular weight excluding hydrogens is 296 g/mol. The first-order valence-corrected chi connectivity index (χ1v) is 9.02. The SMILES string of the molecule is CCN(CCCN(C)C)S(=O)(=O)c1ccc(CCO)s1. The average molecular weight is 320 g/mol. The third-order valence-electron chi connectivity index (χ3n) is 2.95. The molecule has 1 heterocycles. The van der Waals surface area contributed by atoms with Gasteiger partial charge in [-0.15, -0.1) is 11.3 Å². The van der Waals surface area contributed by atoms with Gasteiger partial charge < -0.3 is 10.0 Å². The van der Waals surface area contributed by atoms with E-state index in [4.69, 9.17) is 5.11 Å². The Hall–Kier alpha value is -0.470. The molecule has 0 fully saturated rings. The lowest BCUT2D eigenvalue weighted by atomic mass is 10.4. The van der Waals surface area contributed by atoms with E-state index >= 15 is 0 Å². The number of aliphatic hydroxyl groups excluding tert-OH is 1. The van der Waals surface area contributed by atoms with E-state index in [-0.39, 0.29) is 6.61 Å². The highest BCUT2D eigenvalue weighted by molar-refractivity contribution is 7.91. The van der Waals surface area contributed by atoms with Crippen molar-refractivity contribution in [2.24, 2.45) is 0 Å². The van der Waals surface area contributed by atoms with Crippen molar-refractivity contribution in [3.05, 3.63) is 17.0 Å². The van der Waals surface area contributed by atoms with Crippen molar-refractivity contribution >= 4 is 21.4 Å². The number of aliphatic hydroxyl groups is 1. The van der Waals surface area contributed by atoms with E-state index in [1.807, 2.05) is 25.9 Å². The lowest BCUT2D eigenvalue weighted by molar-refractivity contribution is 0.300. The Bertz CT molecular complexity index is 497. The van der Waals surface area contributed by atoms with Crippen molar-refractivity contribution in [3.63, 3.8) is 0 Å². The first-order valence-electron chi connectivity index (χ1n) is 6.76. The largest absolute Gasteiger partial charge is 0.396 e. The van der Waals surface area contributed by atoms with Gasteiger partial charge in [0.2, 0.25) is 0 Å². The summed E-state index contributed by atoms with van der Waals surface area (Å²) in [5.41, 5.74) is 0. The van der Waals surface area contributed by atoms with Crippen LogP contribution >= 0.6 is 11.3 Å². The van der Waals surface area contributed by atoms with Crippen LogP contribution in [0.25, 0.3) is 0 Å². The number of nitrogens with zero attached hydrogens (tertiary/aromatic N) is 2. The van der Waals surface area contributed by atoms with Crippen LogP contribution < -0.4 is 0 Å². The first kappa shape index (κ1) is 17.6. The quantitative estimate of drug-likeness (QED) is 0.744. The van der Waals surface area contributed by atoms with Crippen molar-refractivity contribution in [2.45, 2.75) is 24.0 Å². The minimum atomic E-state index is -3.39. The third kappa shape index (κ3) is 4.82. The fourth-order valence-electron chi connectivity index (χ4n) is 1.88. The molecule has 1 rings (SSSR count). The molecule has 1 N–H and O–H groups in total. The molecule has 0 radical (unpaired) electrons. The summed E-state index contributed by atoms with van der Waals surface area (Å²) < 4.78 is 26.9. The highest BCUT2D eigenvalue weighted by atomic mass is 32.2. The second kappa shape index (κ2) is 8.09. The number of thiophene rings is 1. The zero-order chi connectivity index (χ0) is 15.2. The van der Waals surface area contributed by atoms with E-state index in [0.717, 1.165) is 17.8 Å². The van der Waals surface area contributed by atoms with Gasteiger partial charge in [0.1, 0.15) is 4.21 Å². The van der Waals surface area contributed by atoms with Crippen molar-refractivity contribution in [3.8, 4) is 0 Å². The zero-order valence-electron chi connectivity index (χ0n) is 12.4. The Balaban J connectivity index is 2.77. The topological polar surface area (TPSA) is 60.9 Å². The summed E-state index contributed by atoms with van der Waals surface area (Å²) in [7, 11) is 0.560. The maximum absolute atomic E-state index is 12.5. The smallest absolute Gasteiger partial charge is 0.252 e. The fraction of sp³-hybridized carbons (Fsp3) is 0.692. The molecule has 0 saturated carbocycles. The van der Waals surface area contributed by atoms with Gasteiger partial charge in [0.25, 0.3) is 10.0 Å². The summed E-state index contributed by atoms with van der Waals surface area (Å²) in [5.74, 6) is 0. The van der Waals surface area contributed by atoms with Crippen LogP contribution in [0.1, 0.15) is 18.2 Å². The average Bonchev–Trinajstić information content (AvgIpc) is 2.84. The maximum Gasteiger partial charge on any atom is 0.252 e. The van der Waals surface area contributed by atoms with E-state index in [1.54, 1.807) is 12.1 Å². The molecule has 5 nitrogen and oxygen atoms in total. The van der Waals surface area contributed by atoms with Crippen LogP contribution in [0.4, 0.5) is 0 Å². The Kier molecular flexibility index (Phi) is 7.11. The van der Waals surface area contributed by atoms with Crippen molar-refractivity contribution in [2.75, 3.05) is 40.3 Å². The van der Waals surface area contributed by atoms with Crippen LogP contribution in [0, 0.1) is 0 Å². The Morgan fingerprint density at radius 3 is 2.50 bits per heavy atom. The second-order valence-corrected chi connectivity index (χ2v) is 8.18. The minimum absolute atomic E-state index is 0.0420. The summed E-state index contributed by atoms with van der Waals surface area (Å²) in [5, 5.41) is 8.90. The van der Waals surface area contributed by atoms with Crippen molar-refractivity contribution < 1.29 is 13.5 Å². The predicted molar refractivity (Wildman–Crippen MR) is 82.7 cm³/mol. The van der Waals surface area contributed by atoms with Gasteiger partial charge in [0.05, 0.1) is 0 Å². The Morgan fingerprint density at radius 2 is 1.95 bits per heavy atom. The maximum atomic E-state index is 12.5. The van der Waals surface area contributed by atoms with Gasteiger partial charge in [-0.3, -0.25) is 0 Å². The summed E-state index contributed by atoms with van der Waals surface area (Å²) in [6.07, 6.45) is 1.32. The lowest BCUT2D eigenvalue weighted by Gasteiger charge is -2.20. The van der Waals surface area contributed by atoms with Crippen LogP contribution in [0.2, 0.25) is 0 Å². The summed E-state index contributed by atoms with van der Waals surface area (Å²) in [6.45, 7) is 3.77. The van der Waals surface area contributed by atoms with Crippen LogP contribution in [0.5, 0.6) is 0 Å². The van der Waals surface area contributed by atoms with Gasteiger partial charge in [-0.2, -0.15) is 4.31 Å². The molecule has 0 bridgehead atoms. The third-order valence-corrected chi connectivity index (χ3v) is 6.54. The first-order chi connectivity index (χ1) is 9.41. The molecule has 0 aliphatic carbocycles. The van der Waals surface area contributed by atoms with E-state index < -0.39 is 10.0 Å². The number of rotatable bonds is 9. The number of hydrogen-bond acceptors (Lipinski definition) is 5. The lowest BCUT2D eigenvalue weighted by Crippen LogP contribution is -2.32. The molecule has 0 saturated heterocycles. The highest BCUT2D eigenvalue weighted by Gasteiger charge is 2.24. The molecular formula is C13H24N2O3S2. The standard InChI is InChI=1S/C13H24N2O3S2/c1-4-15(10-5-9-14(2)3)20(17,18)13-7-6-12(19-13)8-11-16/h6-7,16H,4-5,8-11H2,1-3H3. The molecule has 7 heteroatoms. The van der Waals surface area contributed by atoms with Gasteiger partial charge in [-0.05, 0) is 39.2 Å². The van der Waals surface area contributed by atoms with Gasteiger partial charge in [-0.25, -0.2) is 8.42 Å². The van der Waals surface area contributed by atoms with Crippen molar-refractivity contribution in [1.29, 1.82) is 0 Å². The summed E-state index contributed by atoms with van der Waals surface area (Å²) in [6, 6.07) is 3.42. The Morgan fingerprint density at radius 1 is 1.25 bits per heavy atom. The number of sulfonamides is 1. The van der Waals surface area contributed by atoms with E-state index in [9.17, 15) is 8.42 Å². The van der Waals surface area contributed by atoms with Crippen LogP contribution in [0.15, 0.2) is 16.3 Å². The van der Waals surface area contributed by atoms with Gasteiger partial charge >= 0.3 is 0 Å². The molecule has 0 unspecified atom stereocenters. The molecule has 116 valence electrons. The zero-order valence-corrected chi connectivity index (χ0v) is 14.0. The predicted octanol–water partition coefficient (Wildman–Crippen LogP) is 1.25. The van der Waals surface area contributed by atoms with Crippen molar-refractivity contribution in [1.82, 2.24) is 9.21 Å². The molecule has 0 aliphatic rings. The molecule has 0 atom stereocenters. The molecule has 0 aromatic carbocycles. The van der Waals surface area contributed by atoms with Crippen LogP contribution in [-0.4, -0.2) is 63.1 Å². The summed E-state index contributed by atoms with van der Waals surface area (Å²) in [4.78, 5) is 2.95. The minimum Gasteiger partial charge on any atom is -0.396 e. The van der Waals surface area contributed by atoms with Gasteiger partial charge in [0.15, 0.2) is 0 Å². The van der Waals surface area contributed by atoms with Crippen LogP contribution in [-0.2, 0) is 16.4 Å². The Labute approximate surface area is 125 Å². The monoisotopic (exact) mass is 320 g/mol. The highest BCUT2D eigenvalue weighted by Crippen LogP contribution is 2.25. The molecule has 0 amide bonds. The molecule has 0 aliphatic heterocycles. The number of hydrogen-bond donors (Lipinski definition) is 1. The normalized spacial score (nSPS) is 12.5. The van der Waals surface area contributed by atoms with E-state index in [2.05, 4.69) is 0 Å². The van der Waals surface area contributed by atoms with E-state index in [0.29, 0.717) is 23.7 Å². The molecule has 20 heavy (non-hydrogen) atoms. The second-order valence-electron chi connectivity index (χ2n) is 4.85. The van der Waals surface area contributed by atoms with Gasteiger partial charge in [-0.1, -0.05) is 6.92 Å². The van der Waals surface area contributed by atoms with E-state index in [1.165, 1.54) is 15.6 Å². The fourth-order valence-corrected chi connectivity index (χ4v) is 4.87.